The van der Waals surface area contributed by atoms with Crippen LogP contribution in [0.5, 0.6) is 0 Å². The number of piperidine rings is 1. The van der Waals surface area contributed by atoms with Crippen LogP contribution in [-0.2, 0) is 16.1 Å². The fourth-order valence-corrected chi connectivity index (χ4v) is 9.36. The molecule has 1 N–H and O–H groups in total. The number of pyridine rings is 2. The summed E-state index contributed by atoms with van der Waals surface area (Å²) in [5.41, 5.74) is 2.85. The summed E-state index contributed by atoms with van der Waals surface area (Å²) in [5.74, 6) is 2.27. The maximum atomic E-state index is 14.5. The van der Waals surface area contributed by atoms with Crippen molar-refractivity contribution in [3.63, 3.8) is 0 Å². The first-order chi connectivity index (χ1) is 23.5. The summed E-state index contributed by atoms with van der Waals surface area (Å²) in [4.78, 5) is 63.4. The molecule has 49 heavy (non-hydrogen) atoms. The number of fused-ring (bicyclic) bond motifs is 3. The van der Waals surface area contributed by atoms with Crippen molar-refractivity contribution in [1.82, 2.24) is 39.5 Å². The molecule has 2 amide bonds. The molecule has 6 heterocycles. The first-order valence-corrected chi connectivity index (χ1v) is 18.0. The van der Waals surface area contributed by atoms with Gasteiger partial charge >= 0.3 is 0 Å². The highest BCUT2D eigenvalue weighted by Crippen LogP contribution is 2.65. The molecule has 4 aliphatic rings. The lowest BCUT2D eigenvalue weighted by molar-refractivity contribution is -0.138. The number of halogens is 1. The Hall–Kier alpha value is -4.10. The quantitative estimate of drug-likeness (QED) is 0.200. The molecule has 2 saturated carbocycles. The average molecular weight is 727 g/mol. The second-order valence-electron chi connectivity index (χ2n) is 14.6. The van der Waals surface area contributed by atoms with E-state index in [0.29, 0.717) is 44.8 Å². The molecular weight excluding hydrogens is 686 g/mol. The van der Waals surface area contributed by atoms with E-state index in [0.717, 1.165) is 37.0 Å². The van der Waals surface area contributed by atoms with Crippen LogP contribution in [0.4, 0.5) is 5.82 Å². The predicted molar refractivity (Wildman–Crippen MR) is 187 cm³/mol. The number of nitrogens with one attached hydrogen (secondary N) is 1. The third-order valence-electron chi connectivity index (χ3n) is 11.6. The molecule has 4 aromatic heterocycles. The number of amides is 2. The number of carbonyl (C=O) groups is 3. The molecule has 0 aromatic carbocycles. The second kappa shape index (κ2) is 12.0. The average Bonchev–Trinajstić information content (AvgIpc) is 3.63. The molecule has 0 spiro atoms. The van der Waals surface area contributed by atoms with Crippen LogP contribution in [0.2, 0.25) is 0 Å². The summed E-state index contributed by atoms with van der Waals surface area (Å²) >= 11 is 3.42. The van der Waals surface area contributed by atoms with Gasteiger partial charge in [0.15, 0.2) is 5.78 Å². The van der Waals surface area contributed by atoms with Crippen molar-refractivity contribution in [3.05, 3.63) is 58.5 Å². The Morgan fingerprint density at radius 1 is 1.04 bits per heavy atom. The van der Waals surface area contributed by atoms with E-state index in [-0.39, 0.29) is 47.2 Å². The Balaban J connectivity index is 1.10. The van der Waals surface area contributed by atoms with Gasteiger partial charge in [0.25, 0.3) is 0 Å². The maximum absolute atomic E-state index is 14.5. The van der Waals surface area contributed by atoms with E-state index in [9.17, 15) is 14.4 Å². The summed E-state index contributed by atoms with van der Waals surface area (Å²) in [6.07, 6.45) is 9.55. The zero-order valence-electron chi connectivity index (χ0n) is 28.2. The van der Waals surface area contributed by atoms with Crippen molar-refractivity contribution < 1.29 is 14.4 Å². The molecule has 0 radical (unpaired) electrons. The van der Waals surface area contributed by atoms with Crippen molar-refractivity contribution >= 4 is 50.2 Å². The molecule has 4 fully saturated rings. The molecule has 13 heteroatoms. The fourth-order valence-electron chi connectivity index (χ4n) is 9.05. The molecule has 12 nitrogen and oxygen atoms in total. The predicted octanol–water partition coefficient (Wildman–Crippen LogP) is 4.84. The third-order valence-corrected chi connectivity index (χ3v) is 12.1. The van der Waals surface area contributed by atoms with E-state index >= 15 is 0 Å². The molecule has 0 bridgehead atoms. The van der Waals surface area contributed by atoms with Gasteiger partial charge in [0.2, 0.25) is 11.8 Å². The summed E-state index contributed by atoms with van der Waals surface area (Å²) in [6, 6.07) is 4.82. The molecule has 8 rings (SSSR count). The number of aromatic nitrogens is 6. The Labute approximate surface area is 293 Å². The van der Waals surface area contributed by atoms with E-state index in [4.69, 9.17) is 0 Å². The largest absolute Gasteiger partial charge is 0.325 e. The number of rotatable bonds is 8. The normalized spacial score (nSPS) is 27.4. The van der Waals surface area contributed by atoms with Gasteiger partial charge in [-0.15, -0.1) is 0 Å². The van der Waals surface area contributed by atoms with E-state index in [2.05, 4.69) is 58.1 Å². The van der Waals surface area contributed by atoms with Crippen molar-refractivity contribution in [2.45, 2.75) is 72.0 Å². The number of hydrogen-bond donors (Lipinski definition) is 1. The number of Topliss-reactive ketones (excluding diaryl/α,β-unsaturated/α-hetero) is 1. The maximum Gasteiger partial charge on any atom is 0.248 e. The summed E-state index contributed by atoms with van der Waals surface area (Å²) in [6.45, 7) is 10.4. The SMILES string of the molecule is CC(=O)c1nn(CC(=O)N2C3C(C)[C@@]3(CN3C[C@H]4CCC[C@H]4C3)C[C@H]2C(=O)Nc2nc(Br)ccc2C)c2cnc(-c3cnc(C)nc3)cc12. The van der Waals surface area contributed by atoms with Crippen molar-refractivity contribution in [3.8, 4) is 11.3 Å². The minimum atomic E-state index is -0.656. The van der Waals surface area contributed by atoms with Crippen LogP contribution in [0.25, 0.3) is 22.2 Å². The van der Waals surface area contributed by atoms with Gasteiger partial charge in [0.1, 0.15) is 34.5 Å². The van der Waals surface area contributed by atoms with Gasteiger partial charge in [-0.1, -0.05) is 19.4 Å². The molecule has 2 aliphatic carbocycles. The standard InChI is InChI=1S/C36H40BrN9O3/c1-19-8-9-30(37)41-34(19)42-35(49)28-11-36(18-44-15-23-6-5-7-24(23)16-44)20(2)33(36)46(28)31(48)17-45-29-14-40-27(25-12-38-22(4)39-13-25)10-26(29)32(43-45)21(3)47/h8-10,12-14,20,23-24,28,33H,5-7,11,15-18H2,1-4H3,(H,41,42,49)/t20?,23-,24+,28-,33?,36-/m0/s1. The lowest BCUT2D eigenvalue weighted by Crippen LogP contribution is -2.47. The molecular formula is C36H40BrN9O3. The van der Waals surface area contributed by atoms with Gasteiger partial charge in [-0.05, 0) is 84.5 Å². The van der Waals surface area contributed by atoms with Crippen LogP contribution in [0.15, 0.2) is 41.4 Å². The summed E-state index contributed by atoms with van der Waals surface area (Å²) in [7, 11) is 0. The van der Waals surface area contributed by atoms with Gasteiger partial charge in [-0.3, -0.25) is 24.0 Å². The van der Waals surface area contributed by atoms with Gasteiger partial charge in [-0.25, -0.2) is 15.0 Å². The van der Waals surface area contributed by atoms with Crippen molar-refractivity contribution in [2.75, 3.05) is 25.0 Å². The second-order valence-corrected chi connectivity index (χ2v) is 15.4. The summed E-state index contributed by atoms with van der Waals surface area (Å²) < 4.78 is 2.18. The van der Waals surface area contributed by atoms with Crippen LogP contribution in [-0.4, -0.2) is 88.8 Å². The molecule has 6 atom stereocenters. The number of hydrogen-bond acceptors (Lipinski definition) is 9. The van der Waals surface area contributed by atoms with Gasteiger partial charge in [0.05, 0.1) is 17.4 Å². The number of anilines is 1. The molecule has 2 aliphatic heterocycles. The zero-order chi connectivity index (χ0) is 34.2. The van der Waals surface area contributed by atoms with Crippen LogP contribution < -0.4 is 5.32 Å². The molecule has 2 saturated heterocycles. The minimum Gasteiger partial charge on any atom is -0.325 e. The Morgan fingerprint density at radius 3 is 2.49 bits per heavy atom. The fraction of sp³-hybridized carbons (Fsp3) is 0.500. The Morgan fingerprint density at radius 2 is 1.78 bits per heavy atom. The zero-order valence-corrected chi connectivity index (χ0v) is 29.8. The first kappa shape index (κ1) is 32.1. The third kappa shape index (κ3) is 5.54. The topological polar surface area (TPSA) is 139 Å². The van der Waals surface area contributed by atoms with Crippen LogP contribution in [0.1, 0.15) is 61.4 Å². The van der Waals surface area contributed by atoms with E-state index in [1.54, 1.807) is 29.3 Å². The van der Waals surface area contributed by atoms with Crippen LogP contribution in [0.3, 0.4) is 0 Å². The van der Waals surface area contributed by atoms with E-state index in [1.165, 1.54) is 26.2 Å². The highest BCUT2D eigenvalue weighted by molar-refractivity contribution is 9.10. The first-order valence-electron chi connectivity index (χ1n) is 17.2. The molecule has 4 aromatic rings. The number of carbonyl (C=O) groups excluding carboxylic acids is 3. The lowest BCUT2D eigenvalue weighted by Gasteiger charge is -2.28. The molecule has 2 unspecified atom stereocenters. The van der Waals surface area contributed by atoms with Crippen LogP contribution >= 0.6 is 15.9 Å². The van der Waals surface area contributed by atoms with E-state index in [1.807, 2.05) is 30.9 Å². The number of ketones is 1. The minimum absolute atomic E-state index is 0.0619. The van der Waals surface area contributed by atoms with Crippen LogP contribution in [0, 0.1) is 37.0 Å². The van der Waals surface area contributed by atoms with E-state index < -0.39 is 6.04 Å². The highest BCUT2D eigenvalue weighted by atomic mass is 79.9. The van der Waals surface area contributed by atoms with Crippen molar-refractivity contribution in [1.29, 1.82) is 0 Å². The van der Waals surface area contributed by atoms with Crippen molar-refractivity contribution in [2.24, 2.45) is 23.2 Å². The highest BCUT2D eigenvalue weighted by Gasteiger charge is 2.73. The Bertz CT molecular complexity index is 1990. The number of aryl methyl sites for hydroxylation is 2. The monoisotopic (exact) mass is 725 g/mol. The number of nitrogens with zero attached hydrogens (tertiary/aromatic N) is 8. The van der Waals surface area contributed by atoms with Gasteiger partial charge in [0, 0.05) is 61.4 Å². The smallest absolute Gasteiger partial charge is 0.248 e. The van der Waals surface area contributed by atoms with Gasteiger partial charge < -0.3 is 15.1 Å². The Kier molecular flexibility index (Phi) is 7.90. The molecule has 254 valence electrons. The lowest BCUT2D eigenvalue weighted by atomic mass is 9.95. The number of likely N-dealkylation sites (tertiary alicyclic amines) is 2. The summed E-state index contributed by atoms with van der Waals surface area (Å²) in [5, 5.41) is 8.27. The van der Waals surface area contributed by atoms with Gasteiger partial charge in [-0.2, -0.15) is 5.10 Å².